The van der Waals surface area contributed by atoms with Gasteiger partial charge in [0.1, 0.15) is 23.0 Å². The van der Waals surface area contributed by atoms with Crippen molar-refractivity contribution in [3.63, 3.8) is 0 Å². The SMILES string of the molecule is Cc1cc(C)c(-c2ccnc(-n3c4[c-]c(Oc5[c-]c([N+]6=C=[N+](C)C=C6)ccc5)ccc4c4c3c3ccc(Oc5[c-]c([N+]6=C=[N+](C)C=C6)ccc5)[c-]c3n4-c3cc(-c4c(C)cc(C)cc4C)ccn3)c2)c(C)c1.[Pt+2].[Pt+2]. The smallest absolute Gasteiger partial charge is 0.509 e. The summed E-state index contributed by atoms with van der Waals surface area (Å²) in [4.78, 5) is 10.3. The minimum absolute atomic E-state index is 0. The number of ether oxygens (including phenoxy) is 2. The van der Waals surface area contributed by atoms with Crippen LogP contribution in [0.2, 0.25) is 0 Å². The first-order chi connectivity index (χ1) is 34.9. The Kier molecular flexibility index (Phi) is 13.4. The van der Waals surface area contributed by atoms with E-state index in [0.717, 1.165) is 67.0 Å². The van der Waals surface area contributed by atoms with Crippen molar-refractivity contribution in [3.05, 3.63) is 204 Å². The molecule has 0 saturated heterocycles. The second-order valence-electron chi connectivity index (χ2n) is 18.7. The number of pyridine rings is 2. The Labute approximate surface area is 458 Å². The van der Waals surface area contributed by atoms with Gasteiger partial charge in [-0.3, -0.25) is 0 Å². The van der Waals surface area contributed by atoms with Crippen LogP contribution in [0.25, 0.3) is 66.7 Å². The van der Waals surface area contributed by atoms with Crippen molar-refractivity contribution in [2.75, 3.05) is 14.1 Å². The molecule has 6 heterocycles. The largest absolute Gasteiger partial charge is 2.00 e. The number of aromatic nitrogens is 4. The number of rotatable bonds is 10. The summed E-state index contributed by atoms with van der Waals surface area (Å²) < 4.78 is 25.2. The van der Waals surface area contributed by atoms with Crippen LogP contribution < -0.4 is 9.47 Å². The van der Waals surface area contributed by atoms with Crippen molar-refractivity contribution in [3.8, 4) is 56.9 Å². The van der Waals surface area contributed by atoms with Gasteiger partial charge >= 0.3 is 54.1 Å². The van der Waals surface area contributed by atoms with Gasteiger partial charge in [0, 0.05) is 46.4 Å². The zero-order chi connectivity index (χ0) is 49.4. The van der Waals surface area contributed by atoms with E-state index in [1.165, 1.54) is 44.5 Å². The molecule has 2 aliphatic heterocycles. The van der Waals surface area contributed by atoms with Gasteiger partial charge in [-0.15, -0.1) is 36.4 Å². The van der Waals surface area contributed by atoms with Crippen LogP contribution in [0.4, 0.5) is 11.4 Å². The van der Waals surface area contributed by atoms with Gasteiger partial charge in [-0.2, -0.15) is 24.3 Å². The number of hydrogen-bond donors (Lipinski definition) is 0. The maximum Gasteiger partial charge on any atom is 2.00 e. The molecule has 6 aromatic carbocycles. The Morgan fingerprint density at radius 2 is 0.851 bits per heavy atom. The molecule has 74 heavy (non-hydrogen) atoms. The molecule has 0 atom stereocenters. The molecule has 12 rings (SSSR count). The fourth-order valence-corrected chi connectivity index (χ4v) is 10.4. The first-order valence-corrected chi connectivity index (χ1v) is 23.8. The van der Waals surface area contributed by atoms with E-state index in [2.05, 4.69) is 148 Å². The molecule has 0 aliphatic carbocycles. The molecule has 0 radical (unpaired) electrons. The van der Waals surface area contributed by atoms with Gasteiger partial charge in [-0.05, 0) is 110 Å². The molecule has 2 aliphatic rings. The summed E-state index contributed by atoms with van der Waals surface area (Å²) in [6.07, 6.45) is 11.5. The third-order valence-corrected chi connectivity index (χ3v) is 13.2. The van der Waals surface area contributed by atoms with E-state index in [1.54, 1.807) is 0 Å². The van der Waals surface area contributed by atoms with Crippen LogP contribution in [0.3, 0.4) is 0 Å². The van der Waals surface area contributed by atoms with E-state index in [-0.39, 0.29) is 42.1 Å². The molecular weight excluding hydrogens is 1280 g/mol. The summed E-state index contributed by atoms with van der Waals surface area (Å²) in [7, 11) is 3.88. The molecule has 0 amide bonds. The van der Waals surface area contributed by atoms with Crippen LogP contribution in [0.15, 0.2) is 146 Å². The number of hydrogen-bond acceptors (Lipinski definition) is 4. The van der Waals surface area contributed by atoms with Crippen molar-refractivity contribution in [2.45, 2.75) is 41.5 Å². The molecule has 0 bridgehead atoms. The molecule has 10 aromatic rings. The van der Waals surface area contributed by atoms with Crippen LogP contribution >= 0.6 is 0 Å². The molecule has 0 unspecified atom stereocenters. The number of aryl methyl sites for hydroxylation is 6. The van der Waals surface area contributed by atoms with Crippen molar-refractivity contribution in [1.82, 2.24) is 19.1 Å². The fraction of sp³-hybridized carbons (Fsp3) is 0.129. The predicted molar refractivity (Wildman–Crippen MR) is 281 cm³/mol. The fourth-order valence-electron chi connectivity index (χ4n) is 10.4. The van der Waals surface area contributed by atoms with Crippen LogP contribution in [0, 0.1) is 65.8 Å². The van der Waals surface area contributed by atoms with E-state index in [9.17, 15) is 0 Å². The van der Waals surface area contributed by atoms with Crippen molar-refractivity contribution < 1.29 is 69.9 Å². The van der Waals surface area contributed by atoms with Crippen molar-refractivity contribution in [1.29, 1.82) is 0 Å². The maximum absolute atomic E-state index is 6.63. The average molecular weight is 1330 g/mol. The predicted octanol–water partition coefficient (Wildman–Crippen LogP) is 13.4. The molecule has 0 spiro atoms. The van der Waals surface area contributed by atoms with Crippen LogP contribution in [-0.4, -0.2) is 63.5 Å². The first-order valence-electron chi connectivity index (χ1n) is 23.8. The molecule has 364 valence electrons. The monoisotopic (exact) mass is 1330 g/mol. The van der Waals surface area contributed by atoms with Gasteiger partial charge in [0.25, 0.3) is 12.4 Å². The summed E-state index contributed by atoms with van der Waals surface area (Å²) in [5.41, 5.74) is 16.7. The summed E-state index contributed by atoms with van der Waals surface area (Å²) in [5, 5.41) is 1.83. The second-order valence-corrected chi connectivity index (χ2v) is 18.7. The molecule has 12 heteroatoms. The third kappa shape index (κ3) is 9.06. The van der Waals surface area contributed by atoms with E-state index >= 15 is 0 Å². The molecule has 4 aromatic heterocycles. The van der Waals surface area contributed by atoms with Crippen molar-refractivity contribution in [2.24, 2.45) is 0 Å². The number of fused-ring (bicyclic) bond motifs is 5. The van der Waals surface area contributed by atoms with E-state index in [0.29, 0.717) is 23.0 Å². The minimum Gasteiger partial charge on any atom is -0.509 e. The summed E-state index contributed by atoms with van der Waals surface area (Å²) in [6.45, 7) is 13.0. The van der Waals surface area contributed by atoms with Crippen molar-refractivity contribution >= 4 is 56.2 Å². The van der Waals surface area contributed by atoms with Crippen LogP contribution in [0.1, 0.15) is 33.4 Å². The van der Waals surface area contributed by atoms with Gasteiger partial charge in [0.15, 0.2) is 14.1 Å². The topological polar surface area (TPSA) is 66.1 Å². The van der Waals surface area contributed by atoms with E-state index < -0.39 is 0 Å². The van der Waals surface area contributed by atoms with Gasteiger partial charge in [0.2, 0.25) is 12.4 Å². The average Bonchev–Trinajstić information content (AvgIpc) is 4.14. The van der Waals surface area contributed by atoms with Gasteiger partial charge < -0.3 is 18.6 Å². The Morgan fingerprint density at radius 1 is 0.459 bits per heavy atom. The molecular formula is C62H48N8O2Pt2+4. The Morgan fingerprint density at radius 3 is 1.23 bits per heavy atom. The Hall–Kier alpha value is -7.82. The zero-order valence-electron chi connectivity index (χ0n) is 41.9. The van der Waals surface area contributed by atoms with Crippen LogP contribution in [-0.2, 0) is 42.1 Å². The summed E-state index contributed by atoms with van der Waals surface area (Å²) >= 11 is 0. The van der Waals surface area contributed by atoms with E-state index in [4.69, 9.17) is 19.4 Å². The van der Waals surface area contributed by atoms with Gasteiger partial charge in [-0.25, -0.2) is 9.97 Å². The molecule has 0 fully saturated rings. The maximum atomic E-state index is 6.63. The molecule has 0 saturated carbocycles. The quantitative estimate of drug-likeness (QED) is 0.101. The number of nitrogens with zero attached hydrogens (tertiary/aromatic N) is 8. The van der Waals surface area contributed by atoms with E-state index in [1.807, 2.05) is 118 Å². The molecule has 0 N–H and O–H groups in total. The first kappa shape index (κ1) is 49.7. The third-order valence-electron chi connectivity index (χ3n) is 13.2. The minimum atomic E-state index is 0. The standard InChI is InChI=1S/C62H48N8O2.2Pt/c1-39-27-41(3)59(42(4)28-39)45-19-21-63-57(31-45)69-55-35-51(71-49-13-9-11-47(33-49)67-25-23-65(7)37-67)15-17-53(55)62-61(69)54-18-16-52(72-50-14-10-12-48(34-50)68-26-24-66(8)38-68)36-56(54)70(62)58-32-46(20-22-64-58)60-43(5)29-40(2)30-44(60)6;;/h9-32H,1-8H3;;/q;2*+2. The second kappa shape index (κ2) is 19.9. The van der Waals surface area contributed by atoms with Crippen LogP contribution in [0.5, 0.6) is 23.0 Å². The van der Waals surface area contributed by atoms with Gasteiger partial charge in [-0.1, -0.05) is 99.8 Å². The molecule has 10 nitrogen and oxygen atoms in total. The Balaban J connectivity index is 0.00000313. The summed E-state index contributed by atoms with van der Waals surface area (Å²) in [6, 6.07) is 58.1. The Bertz CT molecular complexity index is 3870. The number of benzene rings is 6. The zero-order valence-corrected chi connectivity index (χ0v) is 46.4. The normalized spacial score (nSPS) is 12.7. The summed E-state index contributed by atoms with van der Waals surface area (Å²) in [5.74, 6) is 3.58. The van der Waals surface area contributed by atoms with Gasteiger partial charge in [0.05, 0.1) is 0 Å².